The van der Waals surface area contributed by atoms with Crippen LogP contribution in [0.4, 0.5) is 5.69 Å². The Morgan fingerprint density at radius 3 is 2.37 bits per heavy atom. The Hall–Kier alpha value is -2.05. The van der Waals surface area contributed by atoms with Crippen molar-refractivity contribution in [3.63, 3.8) is 0 Å². The second-order valence-corrected chi connectivity index (χ2v) is 5.34. The van der Waals surface area contributed by atoms with E-state index in [0.29, 0.717) is 5.56 Å². The summed E-state index contributed by atoms with van der Waals surface area (Å²) in [5.74, 6) is 0. The molecule has 2 aromatic rings. The van der Waals surface area contributed by atoms with Crippen LogP contribution in [0.5, 0.6) is 0 Å². The van der Waals surface area contributed by atoms with E-state index >= 15 is 0 Å². The molecule has 2 rings (SSSR count). The fourth-order valence-electron chi connectivity index (χ4n) is 1.96. The van der Waals surface area contributed by atoms with Gasteiger partial charge in [0.1, 0.15) is 0 Å². The van der Waals surface area contributed by atoms with Crippen molar-refractivity contribution in [2.24, 2.45) is 0 Å². The van der Waals surface area contributed by atoms with E-state index in [0.717, 1.165) is 16.5 Å². The molecule has 0 spiro atoms. The Morgan fingerprint density at radius 2 is 1.79 bits per heavy atom. The van der Waals surface area contributed by atoms with Gasteiger partial charge in [0.05, 0.1) is 23.3 Å². The van der Waals surface area contributed by atoms with E-state index in [1.165, 1.54) is 0 Å². The van der Waals surface area contributed by atoms with Crippen molar-refractivity contribution in [2.45, 2.75) is 32.4 Å². The standard InChI is InChI=1S/C16H18N2O/c1-11(19)16(2,3)18-15-9-8-12(10-17)13-6-4-5-7-14(13)15/h4-9,11,18-19H,1-3H3. The number of anilines is 1. The van der Waals surface area contributed by atoms with Crippen molar-refractivity contribution in [2.75, 3.05) is 5.32 Å². The summed E-state index contributed by atoms with van der Waals surface area (Å²) in [5, 5.41) is 24.2. The second kappa shape index (κ2) is 4.91. The molecule has 98 valence electrons. The molecule has 0 radical (unpaired) electrons. The summed E-state index contributed by atoms with van der Waals surface area (Å²) in [4.78, 5) is 0. The lowest BCUT2D eigenvalue weighted by Gasteiger charge is -2.31. The van der Waals surface area contributed by atoms with Crippen molar-refractivity contribution in [3.8, 4) is 6.07 Å². The molecule has 3 nitrogen and oxygen atoms in total. The number of hydrogen-bond donors (Lipinski definition) is 2. The van der Waals surface area contributed by atoms with Crippen molar-refractivity contribution in [1.29, 1.82) is 5.26 Å². The van der Waals surface area contributed by atoms with Gasteiger partial charge in [-0.2, -0.15) is 5.26 Å². The van der Waals surface area contributed by atoms with Gasteiger partial charge in [0, 0.05) is 16.5 Å². The molecule has 2 aromatic carbocycles. The van der Waals surface area contributed by atoms with Crippen LogP contribution in [0.25, 0.3) is 10.8 Å². The molecule has 0 aliphatic rings. The summed E-state index contributed by atoms with van der Waals surface area (Å²) >= 11 is 0. The van der Waals surface area contributed by atoms with Gasteiger partial charge in [0.25, 0.3) is 0 Å². The van der Waals surface area contributed by atoms with Gasteiger partial charge >= 0.3 is 0 Å². The fraction of sp³-hybridized carbons (Fsp3) is 0.312. The maximum absolute atomic E-state index is 9.80. The fourth-order valence-corrected chi connectivity index (χ4v) is 1.96. The molecule has 0 aromatic heterocycles. The lowest BCUT2D eigenvalue weighted by Crippen LogP contribution is -2.41. The number of fused-ring (bicyclic) bond motifs is 1. The highest BCUT2D eigenvalue weighted by Crippen LogP contribution is 2.29. The van der Waals surface area contributed by atoms with Crippen LogP contribution in [0.15, 0.2) is 36.4 Å². The van der Waals surface area contributed by atoms with Gasteiger partial charge < -0.3 is 10.4 Å². The lowest BCUT2D eigenvalue weighted by molar-refractivity contribution is 0.133. The van der Waals surface area contributed by atoms with Crippen molar-refractivity contribution in [1.82, 2.24) is 0 Å². The van der Waals surface area contributed by atoms with Gasteiger partial charge in [-0.15, -0.1) is 0 Å². The molecule has 3 heteroatoms. The Labute approximate surface area is 113 Å². The van der Waals surface area contributed by atoms with Gasteiger partial charge in [-0.3, -0.25) is 0 Å². The van der Waals surface area contributed by atoms with Gasteiger partial charge in [0.15, 0.2) is 0 Å². The van der Waals surface area contributed by atoms with E-state index in [2.05, 4.69) is 11.4 Å². The van der Waals surface area contributed by atoms with Gasteiger partial charge in [0.2, 0.25) is 0 Å². The Kier molecular flexibility index (Phi) is 3.46. The first kappa shape index (κ1) is 13.4. The zero-order valence-corrected chi connectivity index (χ0v) is 11.4. The molecule has 1 atom stereocenters. The van der Waals surface area contributed by atoms with Crippen molar-refractivity contribution < 1.29 is 5.11 Å². The number of aliphatic hydroxyl groups excluding tert-OH is 1. The van der Waals surface area contributed by atoms with Crippen LogP contribution in [0, 0.1) is 11.3 Å². The predicted octanol–water partition coefficient (Wildman–Crippen LogP) is 3.28. The molecule has 0 heterocycles. The quantitative estimate of drug-likeness (QED) is 0.883. The first-order valence-electron chi connectivity index (χ1n) is 6.34. The Morgan fingerprint density at radius 1 is 1.16 bits per heavy atom. The number of nitrogens with one attached hydrogen (secondary N) is 1. The minimum Gasteiger partial charge on any atom is -0.391 e. The number of aliphatic hydroxyl groups is 1. The number of rotatable bonds is 3. The molecular formula is C16H18N2O. The third-order valence-electron chi connectivity index (χ3n) is 3.55. The van der Waals surface area contributed by atoms with Crippen LogP contribution < -0.4 is 5.32 Å². The molecule has 0 aliphatic carbocycles. The lowest BCUT2D eigenvalue weighted by atomic mass is 9.96. The molecule has 0 bridgehead atoms. The summed E-state index contributed by atoms with van der Waals surface area (Å²) in [5.41, 5.74) is 1.16. The summed E-state index contributed by atoms with van der Waals surface area (Å²) in [6.45, 7) is 5.66. The van der Waals surface area contributed by atoms with E-state index in [9.17, 15) is 5.11 Å². The zero-order valence-electron chi connectivity index (χ0n) is 11.4. The van der Waals surface area contributed by atoms with E-state index in [1.54, 1.807) is 6.92 Å². The van der Waals surface area contributed by atoms with E-state index in [4.69, 9.17) is 5.26 Å². The molecule has 0 aliphatic heterocycles. The van der Waals surface area contributed by atoms with Gasteiger partial charge in [-0.1, -0.05) is 24.3 Å². The summed E-state index contributed by atoms with van der Waals surface area (Å²) in [7, 11) is 0. The van der Waals surface area contributed by atoms with Crippen LogP contribution in [-0.4, -0.2) is 16.7 Å². The zero-order chi connectivity index (χ0) is 14.0. The maximum Gasteiger partial charge on any atom is 0.0998 e. The van der Waals surface area contributed by atoms with Crippen LogP contribution >= 0.6 is 0 Å². The number of nitriles is 1. The van der Waals surface area contributed by atoms with Crippen LogP contribution in [0.2, 0.25) is 0 Å². The number of hydrogen-bond acceptors (Lipinski definition) is 3. The average Bonchev–Trinajstić information content (AvgIpc) is 2.38. The molecule has 0 fully saturated rings. The normalized spacial score (nSPS) is 13.0. The van der Waals surface area contributed by atoms with Gasteiger partial charge in [-0.25, -0.2) is 0 Å². The summed E-state index contributed by atoms with van der Waals surface area (Å²) in [6, 6.07) is 13.7. The minimum absolute atomic E-state index is 0.434. The predicted molar refractivity (Wildman–Crippen MR) is 78.0 cm³/mol. The maximum atomic E-state index is 9.80. The molecule has 19 heavy (non-hydrogen) atoms. The molecule has 0 amide bonds. The number of benzene rings is 2. The first-order chi connectivity index (χ1) is 8.95. The highest BCUT2D eigenvalue weighted by Gasteiger charge is 2.24. The topological polar surface area (TPSA) is 56.0 Å². The summed E-state index contributed by atoms with van der Waals surface area (Å²) in [6.07, 6.45) is -0.484. The Balaban J connectivity index is 2.55. The number of nitrogens with zero attached hydrogens (tertiary/aromatic N) is 1. The van der Waals surface area contributed by atoms with E-state index in [1.807, 2.05) is 50.2 Å². The molecule has 0 saturated heterocycles. The molecule has 0 saturated carbocycles. The smallest absolute Gasteiger partial charge is 0.0998 e. The second-order valence-electron chi connectivity index (χ2n) is 5.34. The molecule has 1 unspecified atom stereocenters. The SMILES string of the molecule is CC(O)C(C)(C)Nc1ccc(C#N)c2ccccc12. The third-order valence-corrected chi connectivity index (χ3v) is 3.55. The first-order valence-corrected chi connectivity index (χ1v) is 6.34. The van der Waals surface area contributed by atoms with Crippen LogP contribution in [-0.2, 0) is 0 Å². The van der Waals surface area contributed by atoms with Crippen molar-refractivity contribution >= 4 is 16.5 Å². The molecule has 2 N–H and O–H groups in total. The minimum atomic E-state index is -0.484. The largest absolute Gasteiger partial charge is 0.391 e. The van der Waals surface area contributed by atoms with E-state index in [-0.39, 0.29) is 0 Å². The van der Waals surface area contributed by atoms with Crippen LogP contribution in [0.3, 0.4) is 0 Å². The summed E-state index contributed by atoms with van der Waals surface area (Å²) < 4.78 is 0. The third kappa shape index (κ3) is 2.54. The van der Waals surface area contributed by atoms with Crippen molar-refractivity contribution in [3.05, 3.63) is 42.0 Å². The average molecular weight is 254 g/mol. The van der Waals surface area contributed by atoms with Crippen LogP contribution in [0.1, 0.15) is 26.3 Å². The highest BCUT2D eigenvalue weighted by molar-refractivity contribution is 5.97. The Bertz CT molecular complexity index is 639. The van der Waals surface area contributed by atoms with E-state index < -0.39 is 11.6 Å². The monoisotopic (exact) mass is 254 g/mol. The van der Waals surface area contributed by atoms with Gasteiger partial charge in [-0.05, 0) is 32.9 Å². The molecular weight excluding hydrogens is 236 g/mol. The highest BCUT2D eigenvalue weighted by atomic mass is 16.3.